The van der Waals surface area contributed by atoms with Gasteiger partial charge in [0.1, 0.15) is 0 Å². The minimum atomic E-state index is -3.78. The molecule has 0 saturated heterocycles. The molecule has 128 valence electrons. The number of carbonyl (C=O) groups excluding carboxylic acids is 1. The highest BCUT2D eigenvalue weighted by Gasteiger charge is 2.17. The van der Waals surface area contributed by atoms with E-state index in [9.17, 15) is 18.3 Å². The predicted molar refractivity (Wildman–Crippen MR) is 94.6 cm³/mol. The normalized spacial score (nSPS) is 12.6. The summed E-state index contributed by atoms with van der Waals surface area (Å²) in [6.45, 7) is 2.04. The molecule has 4 N–H and O–H groups in total. The van der Waals surface area contributed by atoms with Crippen LogP contribution in [0.15, 0.2) is 58.3 Å². The quantitative estimate of drug-likeness (QED) is 0.393. The third kappa shape index (κ3) is 4.81. The van der Waals surface area contributed by atoms with E-state index in [1.54, 1.807) is 23.9 Å². The number of hydrogen-bond acceptors (Lipinski definition) is 6. The van der Waals surface area contributed by atoms with Gasteiger partial charge in [-0.25, -0.2) is 13.6 Å². The average molecular weight is 366 g/mol. The molecule has 0 heterocycles. The second kappa shape index (κ2) is 7.80. The van der Waals surface area contributed by atoms with Crippen molar-refractivity contribution >= 4 is 33.3 Å². The van der Waals surface area contributed by atoms with E-state index in [1.807, 2.05) is 19.1 Å². The van der Waals surface area contributed by atoms with Gasteiger partial charge in [-0.3, -0.25) is 4.79 Å². The van der Waals surface area contributed by atoms with Crippen molar-refractivity contribution in [2.24, 2.45) is 5.14 Å². The van der Waals surface area contributed by atoms with Crippen LogP contribution in [0.3, 0.4) is 0 Å². The number of nitrogens with one attached hydrogen (secondary N) is 1. The summed E-state index contributed by atoms with van der Waals surface area (Å²) in [5, 5.41) is 17.7. The van der Waals surface area contributed by atoms with Gasteiger partial charge in [-0.05, 0) is 42.2 Å². The SMILES string of the molecule is CCSc1ccc(C(=O)C(O)Nc2ccc(S(N)(=O)=O)cc2)cc1. The average Bonchev–Trinajstić information content (AvgIpc) is 2.55. The highest BCUT2D eigenvalue weighted by Crippen LogP contribution is 2.19. The van der Waals surface area contributed by atoms with E-state index in [0.717, 1.165) is 10.6 Å². The third-order valence-corrected chi connectivity index (χ3v) is 5.01. The fourth-order valence-corrected chi connectivity index (χ4v) is 3.18. The zero-order chi connectivity index (χ0) is 17.7. The molecule has 6 nitrogen and oxygen atoms in total. The van der Waals surface area contributed by atoms with E-state index < -0.39 is 22.0 Å². The summed E-state index contributed by atoms with van der Waals surface area (Å²) in [5.74, 6) is 0.463. The number of aliphatic hydroxyl groups is 1. The molecule has 0 bridgehead atoms. The predicted octanol–water partition coefficient (Wildman–Crippen LogP) is 2.06. The number of anilines is 1. The maximum absolute atomic E-state index is 12.2. The van der Waals surface area contributed by atoms with Crippen LogP contribution in [0.25, 0.3) is 0 Å². The molecular weight excluding hydrogens is 348 g/mol. The fraction of sp³-hybridized carbons (Fsp3) is 0.188. The van der Waals surface area contributed by atoms with Gasteiger partial charge in [0, 0.05) is 16.1 Å². The van der Waals surface area contributed by atoms with Crippen molar-refractivity contribution in [1.82, 2.24) is 0 Å². The molecule has 0 amide bonds. The van der Waals surface area contributed by atoms with Crippen molar-refractivity contribution in [3.63, 3.8) is 0 Å². The monoisotopic (exact) mass is 366 g/mol. The number of benzene rings is 2. The number of sulfonamides is 1. The van der Waals surface area contributed by atoms with Crippen LogP contribution < -0.4 is 10.5 Å². The van der Waals surface area contributed by atoms with Crippen LogP contribution in [0.4, 0.5) is 5.69 Å². The number of aliphatic hydroxyl groups excluding tert-OH is 1. The van der Waals surface area contributed by atoms with Crippen LogP contribution in [-0.2, 0) is 10.0 Å². The lowest BCUT2D eigenvalue weighted by molar-refractivity contribution is 0.0793. The van der Waals surface area contributed by atoms with Crippen LogP contribution in [0.2, 0.25) is 0 Å². The first kappa shape index (κ1) is 18.5. The molecule has 0 aromatic heterocycles. The zero-order valence-electron chi connectivity index (χ0n) is 13.0. The maximum atomic E-state index is 12.2. The highest BCUT2D eigenvalue weighted by molar-refractivity contribution is 7.99. The Labute approximate surface area is 145 Å². The molecule has 1 unspecified atom stereocenters. The van der Waals surface area contributed by atoms with Crippen LogP contribution in [0.1, 0.15) is 17.3 Å². The van der Waals surface area contributed by atoms with Crippen LogP contribution >= 0.6 is 11.8 Å². The lowest BCUT2D eigenvalue weighted by Crippen LogP contribution is -2.29. The van der Waals surface area contributed by atoms with Gasteiger partial charge in [0.2, 0.25) is 15.8 Å². The Morgan fingerprint density at radius 2 is 1.75 bits per heavy atom. The minimum Gasteiger partial charge on any atom is -0.367 e. The first-order valence-corrected chi connectivity index (χ1v) is 9.69. The summed E-state index contributed by atoms with van der Waals surface area (Å²) in [4.78, 5) is 13.2. The van der Waals surface area contributed by atoms with Crippen molar-refractivity contribution in [1.29, 1.82) is 0 Å². The Morgan fingerprint density at radius 1 is 1.17 bits per heavy atom. The van der Waals surface area contributed by atoms with Gasteiger partial charge in [0.15, 0.2) is 6.23 Å². The molecule has 0 aliphatic heterocycles. The molecule has 0 saturated carbocycles. The minimum absolute atomic E-state index is 0.0436. The number of thioether (sulfide) groups is 1. The van der Waals surface area contributed by atoms with Gasteiger partial charge in [-0.2, -0.15) is 0 Å². The topological polar surface area (TPSA) is 109 Å². The highest BCUT2D eigenvalue weighted by atomic mass is 32.2. The van der Waals surface area contributed by atoms with Crippen molar-refractivity contribution in [3.8, 4) is 0 Å². The number of rotatable bonds is 7. The maximum Gasteiger partial charge on any atom is 0.238 e. The second-order valence-electron chi connectivity index (χ2n) is 4.94. The molecule has 2 aromatic carbocycles. The molecule has 1 atom stereocenters. The summed E-state index contributed by atoms with van der Waals surface area (Å²) in [7, 11) is -3.78. The number of hydrogen-bond donors (Lipinski definition) is 3. The number of Topliss-reactive ketones (excluding diaryl/α,β-unsaturated/α-hetero) is 1. The molecule has 0 radical (unpaired) electrons. The van der Waals surface area contributed by atoms with Crippen molar-refractivity contribution < 1.29 is 18.3 Å². The van der Waals surface area contributed by atoms with Gasteiger partial charge >= 0.3 is 0 Å². The van der Waals surface area contributed by atoms with Gasteiger partial charge in [-0.1, -0.05) is 19.1 Å². The molecular formula is C16H18N2O4S2. The molecule has 0 spiro atoms. The van der Waals surface area contributed by atoms with Gasteiger partial charge in [0.25, 0.3) is 0 Å². The Hall–Kier alpha value is -1.87. The first-order chi connectivity index (χ1) is 11.3. The Morgan fingerprint density at radius 3 is 2.25 bits per heavy atom. The van der Waals surface area contributed by atoms with Gasteiger partial charge in [-0.15, -0.1) is 11.8 Å². The van der Waals surface area contributed by atoms with Crippen LogP contribution in [-0.4, -0.2) is 31.3 Å². The number of primary sulfonamides is 1. The third-order valence-electron chi connectivity index (χ3n) is 3.18. The van der Waals surface area contributed by atoms with E-state index in [4.69, 9.17) is 5.14 Å². The Bertz CT molecular complexity index is 803. The second-order valence-corrected chi connectivity index (χ2v) is 7.84. The zero-order valence-corrected chi connectivity index (χ0v) is 14.6. The number of ketones is 1. The summed E-state index contributed by atoms with van der Waals surface area (Å²) >= 11 is 1.66. The van der Waals surface area contributed by atoms with E-state index >= 15 is 0 Å². The first-order valence-electron chi connectivity index (χ1n) is 7.16. The van der Waals surface area contributed by atoms with Gasteiger partial charge in [0.05, 0.1) is 4.90 Å². The molecule has 0 aliphatic carbocycles. The van der Waals surface area contributed by atoms with Crippen molar-refractivity contribution in [3.05, 3.63) is 54.1 Å². The van der Waals surface area contributed by atoms with E-state index in [-0.39, 0.29) is 4.90 Å². The summed E-state index contributed by atoms with van der Waals surface area (Å²) in [6, 6.07) is 12.4. The molecule has 2 rings (SSSR count). The van der Waals surface area contributed by atoms with Gasteiger partial charge < -0.3 is 10.4 Å². The van der Waals surface area contributed by atoms with Crippen LogP contribution in [0.5, 0.6) is 0 Å². The largest absolute Gasteiger partial charge is 0.367 e. The lowest BCUT2D eigenvalue weighted by Gasteiger charge is -2.13. The number of nitrogens with two attached hydrogens (primary N) is 1. The number of carbonyl (C=O) groups is 1. The summed E-state index contributed by atoms with van der Waals surface area (Å²) < 4.78 is 22.4. The molecule has 0 fully saturated rings. The molecule has 0 aliphatic rings. The lowest BCUT2D eigenvalue weighted by atomic mass is 10.1. The molecule has 2 aromatic rings. The smallest absolute Gasteiger partial charge is 0.238 e. The molecule has 24 heavy (non-hydrogen) atoms. The van der Waals surface area contributed by atoms with E-state index in [0.29, 0.717) is 11.3 Å². The standard InChI is InChI=1S/C16H18N2O4S2/c1-2-23-13-7-3-11(4-8-13)15(19)16(20)18-12-5-9-14(10-6-12)24(17,21)22/h3-10,16,18,20H,2H2,1H3,(H2,17,21,22). The van der Waals surface area contributed by atoms with E-state index in [1.165, 1.54) is 24.3 Å². The fourth-order valence-electron chi connectivity index (χ4n) is 2.00. The Balaban J connectivity index is 2.05. The Kier molecular flexibility index (Phi) is 6.00. The van der Waals surface area contributed by atoms with Crippen molar-refractivity contribution in [2.75, 3.05) is 11.1 Å². The van der Waals surface area contributed by atoms with Crippen LogP contribution in [0, 0.1) is 0 Å². The summed E-state index contributed by atoms with van der Waals surface area (Å²) in [5.41, 5.74) is 0.790. The summed E-state index contributed by atoms with van der Waals surface area (Å²) in [6.07, 6.45) is -1.44. The van der Waals surface area contributed by atoms with E-state index in [2.05, 4.69) is 5.32 Å². The molecule has 8 heteroatoms. The van der Waals surface area contributed by atoms with Crippen molar-refractivity contribution in [2.45, 2.75) is 22.9 Å².